The van der Waals surface area contributed by atoms with Crippen LogP contribution in [0.2, 0.25) is 0 Å². The van der Waals surface area contributed by atoms with Crippen molar-refractivity contribution < 1.29 is 13.6 Å². The lowest BCUT2D eigenvalue weighted by atomic mass is 10.1. The average molecular weight is 277 g/mol. The molecule has 1 aromatic rings. The number of likely N-dealkylation sites (tertiary alicyclic amines) is 1. The summed E-state index contributed by atoms with van der Waals surface area (Å²) >= 11 is 0. The minimum atomic E-state index is -1.08. The average Bonchev–Trinajstić information content (AvgIpc) is 2.80. The molecule has 1 unspecified atom stereocenters. The third kappa shape index (κ3) is 2.62. The molecule has 0 bridgehead atoms. The van der Waals surface area contributed by atoms with Crippen LogP contribution in [0.3, 0.4) is 0 Å². The van der Waals surface area contributed by atoms with Crippen molar-refractivity contribution in [2.75, 3.05) is 13.1 Å². The number of carbonyl (C=O) groups excluding carboxylic acids is 1. The first kappa shape index (κ1) is 14.9. The summed E-state index contributed by atoms with van der Waals surface area (Å²) in [5, 5.41) is 0. The second-order valence-corrected chi connectivity index (χ2v) is 4.13. The largest absolute Gasteiger partial charge is 0.334 e. The number of benzene rings is 1. The third-order valence-corrected chi connectivity index (χ3v) is 3.09. The van der Waals surface area contributed by atoms with Gasteiger partial charge in [-0.05, 0) is 25.0 Å². The quantitative estimate of drug-likeness (QED) is 0.897. The van der Waals surface area contributed by atoms with Crippen LogP contribution in [0.4, 0.5) is 8.78 Å². The summed E-state index contributed by atoms with van der Waals surface area (Å²) in [6.07, 6.45) is 1.67. The molecule has 6 heteroatoms. The number of carbonyl (C=O) groups is 1. The van der Waals surface area contributed by atoms with E-state index in [0.717, 1.165) is 18.9 Å². The summed E-state index contributed by atoms with van der Waals surface area (Å²) in [6, 6.07) is 3.56. The summed E-state index contributed by atoms with van der Waals surface area (Å²) in [6.45, 7) is 0.902. The van der Waals surface area contributed by atoms with Crippen molar-refractivity contribution in [3.8, 4) is 0 Å². The second kappa shape index (κ2) is 6.11. The Hall–Kier alpha value is -1.20. The maximum atomic E-state index is 13.5. The Kier molecular flexibility index (Phi) is 5.04. The zero-order chi connectivity index (χ0) is 12.4. The molecule has 1 atom stereocenters. The highest BCUT2D eigenvalue weighted by atomic mass is 35.5. The van der Waals surface area contributed by atoms with Crippen LogP contribution in [0.1, 0.15) is 23.2 Å². The third-order valence-electron chi connectivity index (χ3n) is 3.09. The van der Waals surface area contributed by atoms with Gasteiger partial charge in [-0.25, -0.2) is 8.78 Å². The van der Waals surface area contributed by atoms with Gasteiger partial charge in [0.05, 0.1) is 5.56 Å². The van der Waals surface area contributed by atoms with Crippen molar-refractivity contribution in [1.29, 1.82) is 0 Å². The van der Waals surface area contributed by atoms with Gasteiger partial charge in [-0.15, -0.1) is 12.4 Å². The fourth-order valence-corrected chi connectivity index (χ4v) is 2.17. The van der Waals surface area contributed by atoms with E-state index in [9.17, 15) is 13.6 Å². The lowest BCUT2D eigenvalue weighted by Gasteiger charge is -2.23. The molecule has 1 aromatic carbocycles. The molecule has 0 spiro atoms. The molecule has 1 heterocycles. The van der Waals surface area contributed by atoms with Crippen LogP contribution < -0.4 is 5.73 Å². The number of nitrogens with zero attached hydrogens (tertiary/aromatic N) is 1. The van der Waals surface area contributed by atoms with Crippen LogP contribution in [-0.2, 0) is 0 Å². The Morgan fingerprint density at radius 2 is 2.17 bits per heavy atom. The maximum absolute atomic E-state index is 13.5. The molecule has 0 saturated carbocycles. The van der Waals surface area contributed by atoms with Crippen molar-refractivity contribution in [1.82, 2.24) is 4.90 Å². The predicted molar refractivity (Wildman–Crippen MR) is 66.7 cm³/mol. The molecule has 2 N–H and O–H groups in total. The van der Waals surface area contributed by atoms with E-state index < -0.39 is 17.5 Å². The van der Waals surface area contributed by atoms with E-state index in [0.29, 0.717) is 13.1 Å². The van der Waals surface area contributed by atoms with Crippen LogP contribution in [0.5, 0.6) is 0 Å². The molecule has 18 heavy (non-hydrogen) atoms. The van der Waals surface area contributed by atoms with E-state index in [4.69, 9.17) is 5.73 Å². The molecule has 1 aliphatic rings. The summed E-state index contributed by atoms with van der Waals surface area (Å²) in [5.41, 5.74) is 5.33. The molecular weight excluding hydrogens is 262 g/mol. The molecule has 3 nitrogen and oxygen atoms in total. The van der Waals surface area contributed by atoms with Gasteiger partial charge >= 0.3 is 0 Å². The Labute approximate surface area is 110 Å². The predicted octanol–water partition coefficient (Wildman–Crippen LogP) is 1.95. The smallest absolute Gasteiger partial charge is 0.257 e. The standard InChI is InChI=1S/C12H14F2N2O.ClH/c13-10-5-1-4-9(11(10)14)12(17)16-6-2-3-8(16)7-15;/h1,4-5,8H,2-3,6-7,15H2;1H. The SMILES string of the molecule is Cl.NCC1CCCN1C(=O)c1cccc(F)c1F. The monoisotopic (exact) mass is 276 g/mol. The Balaban J connectivity index is 0.00000162. The Morgan fingerprint density at radius 3 is 2.83 bits per heavy atom. The maximum Gasteiger partial charge on any atom is 0.257 e. The molecule has 100 valence electrons. The van der Waals surface area contributed by atoms with Gasteiger partial charge in [0, 0.05) is 19.1 Å². The minimum Gasteiger partial charge on any atom is -0.334 e. The van der Waals surface area contributed by atoms with Crippen LogP contribution in [0.25, 0.3) is 0 Å². The number of hydrogen-bond acceptors (Lipinski definition) is 2. The van der Waals surface area contributed by atoms with Crippen molar-refractivity contribution in [3.05, 3.63) is 35.4 Å². The molecule has 0 aliphatic carbocycles. The van der Waals surface area contributed by atoms with Crippen LogP contribution in [-0.4, -0.2) is 29.9 Å². The van der Waals surface area contributed by atoms with Crippen molar-refractivity contribution in [2.45, 2.75) is 18.9 Å². The summed E-state index contributed by atoms with van der Waals surface area (Å²) in [5.74, 6) is -2.56. The number of halogens is 3. The first-order valence-corrected chi connectivity index (χ1v) is 5.60. The van der Waals surface area contributed by atoms with Gasteiger partial charge in [-0.3, -0.25) is 4.79 Å². The van der Waals surface area contributed by atoms with E-state index >= 15 is 0 Å². The first-order valence-electron chi connectivity index (χ1n) is 5.60. The lowest BCUT2D eigenvalue weighted by molar-refractivity contribution is 0.0735. The first-order chi connectivity index (χ1) is 8.15. The molecule has 2 rings (SSSR count). The van der Waals surface area contributed by atoms with E-state index in [1.807, 2.05) is 0 Å². The normalized spacial score (nSPS) is 18.6. The molecule has 1 saturated heterocycles. The van der Waals surface area contributed by atoms with Gasteiger partial charge in [0.15, 0.2) is 11.6 Å². The highest BCUT2D eigenvalue weighted by Crippen LogP contribution is 2.21. The van der Waals surface area contributed by atoms with Gasteiger partial charge < -0.3 is 10.6 Å². The molecule has 1 fully saturated rings. The van der Waals surface area contributed by atoms with Gasteiger partial charge in [-0.1, -0.05) is 6.07 Å². The van der Waals surface area contributed by atoms with E-state index in [1.54, 1.807) is 0 Å². The van der Waals surface area contributed by atoms with Gasteiger partial charge in [0.25, 0.3) is 5.91 Å². The molecule has 0 aromatic heterocycles. The number of nitrogens with two attached hydrogens (primary N) is 1. The van der Waals surface area contributed by atoms with Crippen molar-refractivity contribution in [2.24, 2.45) is 5.73 Å². The highest BCUT2D eigenvalue weighted by Gasteiger charge is 2.30. The zero-order valence-electron chi connectivity index (χ0n) is 9.73. The molecular formula is C12H15ClF2N2O. The van der Waals surface area contributed by atoms with Crippen LogP contribution in [0, 0.1) is 11.6 Å². The molecule has 0 radical (unpaired) electrons. The fourth-order valence-electron chi connectivity index (χ4n) is 2.17. The summed E-state index contributed by atoms with van der Waals surface area (Å²) in [7, 11) is 0. The lowest BCUT2D eigenvalue weighted by Crippen LogP contribution is -2.40. The van der Waals surface area contributed by atoms with Gasteiger partial charge in [-0.2, -0.15) is 0 Å². The number of rotatable bonds is 2. The summed E-state index contributed by atoms with van der Waals surface area (Å²) in [4.78, 5) is 13.6. The van der Waals surface area contributed by atoms with Crippen LogP contribution in [0.15, 0.2) is 18.2 Å². The van der Waals surface area contributed by atoms with Crippen molar-refractivity contribution >= 4 is 18.3 Å². The van der Waals surface area contributed by atoms with E-state index in [1.165, 1.54) is 17.0 Å². The second-order valence-electron chi connectivity index (χ2n) is 4.13. The van der Waals surface area contributed by atoms with E-state index in [2.05, 4.69) is 0 Å². The van der Waals surface area contributed by atoms with Gasteiger partial charge in [0.2, 0.25) is 0 Å². The van der Waals surface area contributed by atoms with Gasteiger partial charge in [0.1, 0.15) is 0 Å². The Bertz CT molecular complexity index is 442. The molecule has 1 aliphatic heterocycles. The van der Waals surface area contributed by atoms with E-state index in [-0.39, 0.29) is 24.0 Å². The molecule has 1 amide bonds. The minimum absolute atomic E-state index is 0. The fraction of sp³-hybridized carbons (Fsp3) is 0.417. The highest BCUT2D eigenvalue weighted by molar-refractivity contribution is 5.94. The summed E-state index contributed by atoms with van der Waals surface area (Å²) < 4.78 is 26.5. The van der Waals surface area contributed by atoms with Crippen molar-refractivity contribution in [3.63, 3.8) is 0 Å². The Morgan fingerprint density at radius 1 is 1.44 bits per heavy atom. The van der Waals surface area contributed by atoms with Crippen LogP contribution >= 0.6 is 12.4 Å². The number of hydrogen-bond donors (Lipinski definition) is 1. The number of amides is 1. The zero-order valence-corrected chi connectivity index (χ0v) is 10.6. The topological polar surface area (TPSA) is 46.3 Å².